The molecular formula is C14H26N6O2S. The molecule has 0 amide bonds. The maximum Gasteiger partial charge on any atom is 0.214 e. The predicted molar refractivity (Wildman–Crippen MR) is 90.9 cm³/mol. The highest BCUT2D eigenvalue weighted by Gasteiger charge is 2.27. The van der Waals surface area contributed by atoms with Crippen LogP contribution < -0.4 is 10.6 Å². The molecule has 0 saturated carbocycles. The standard InChI is InChI=1S/C14H26N6O2S/c1-11-13(12(2)19(4)18-11)10-17-14(15-3)16-6-8-20-7-5-9-23(20,21)22/h5-10H2,1-4H3,(H2,15,16,17). The summed E-state index contributed by atoms with van der Waals surface area (Å²) in [6.45, 7) is 6.26. The maximum atomic E-state index is 11.7. The molecule has 2 N–H and O–H groups in total. The van der Waals surface area contributed by atoms with E-state index in [0.717, 1.165) is 23.4 Å². The lowest BCUT2D eigenvalue weighted by molar-refractivity contribution is 0.445. The van der Waals surface area contributed by atoms with Crippen molar-refractivity contribution in [3.8, 4) is 0 Å². The quantitative estimate of drug-likeness (QED) is 0.568. The highest BCUT2D eigenvalue weighted by molar-refractivity contribution is 7.89. The minimum absolute atomic E-state index is 0.263. The smallest absolute Gasteiger partial charge is 0.214 e. The fourth-order valence-electron chi connectivity index (χ4n) is 2.71. The molecule has 0 aliphatic carbocycles. The number of hydrogen-bond donors (Lipinski definition) is 2. The van der Waals surface area contributed by atoms with Gasteiger partial charge in [-0.3, -0.25) is 9.67 Å². The Balaban J connectivity index is 1.82. The molecule has 2 heterocycles. The van der Waals surface area contributed by atoms with Gasteiger partial charge in [0.1, 0.15) is 0 Å². The molecule has 2 rings (SSSR count). The Bertz CT molecular complexity index is 680. The van der Waals surface area contributed by atoms with Crippen LogP contribution in [0.3, 0.4) is 0 Å². The Morgan fingerprint density at radius 3 is 2.61 bits per heavy atom. The molecule has 1 aliphatic rings. The number of aryl methyl sites for hydroxylation is 2. The summed E-state index contributed by atoms with van der Waals surface area (Å²) in [5, 5.41) is 10.8. The van der Waals surface area contributed by atoms with Crippen LogP contribution in [0.1, 0.15) is 23.4 Å². The van der Waals surface area contributed by atoms with E-state index in [4.69, 9.17) is 0 Å². The highest BCUT2D eigenvalue weighted by atomic mass is 32.2. The average Bonchev–Trinajstić information content (AvgIpc) is 2.95. The van der Waals surface area contributed by atoms with Gasteiger partial charge in [0.25, 0.3) is 0 Å². The Morgan fingerprint density at radius 2 is 2.09 bits per heavy atom. The molecule has 23 heavy (non-hydrogen) atoms. The minimum atomic E-state index is -3.03. The summed E-state index contributed by atoms with van der Waals surface area (Å²) in [6.07, 6.45) is 0.717. The molecule has 1 aromatic rings. The molecule has 1 aromatic heterocycles. The lowest BCUT2D eigenvalue weighted by Gasteiger charge is -2.16. The first kappa shape index (κ1) is 17.7. The van der Waals surface area contributed by atoms with Crippen molar-refractivity contribution in [3.05, 3.63) is 17.0 Å². The summed E-state index contributed by atoms with van der Waals surface area (Å²) in [5.41, 5.74) is 3.27. The monoisotopic (exact) mass is 342 g/mol. The van der Waals surface area contributed by atoms with Gasteiger partial charge < -0.3 is 10.6 Å². The fourth-order valence-corrected chi connectivity index (χ4v) is 4.24. The Hall–Kier alpha value is -1.61. The van der Waals surface area contributed by atoms with Crippen LogP contribution in [-0.4, -0.2) is 60.9 Å². The maximum absolute atomic E-state index is 11.7. The van der Waals surface area contributed by atoms with Crippen LogP contribution in [0.15, 0.2) is 4.99 Å². The van der Waals surface area contributed by atoms with Crippen molar-refractivity contribution in [2.45, 2.75) is 26.8 Å². The Labute approximate surface area is 138 Å². The number of nitrogens with zero attached hydrogens (tertiary/aromatic N) is 4. The molecule has 1 saturated heterocycles. The lowest BCUT2D eigenvalue weighted by Crippen LogP contribution is -2.41. The number of hydrogen-bond acceptors (Lipinski definition) is 4. The summed E-state index contributed by atoms with van der Waals surface area (Å²) in [7, 11) is 0.592. The van der Waals surface area contributed by atoms with E-state index in [9.17, 15) is 8.42 Å². The zero-order valence-electron chi connectivity index (χ0n) is 14.3. The van der Waals surface area contributed by atoms with Crippen LogP contribution in [0, 0.1) is 13.8 Å². The van der Waals surface area contributed by atoms with E-state index < -0.39 is 10.0 Å². The molecule has 0 spiro atoms. The number of rotatable bonds is 5. The summed E-state index contributed by atoms with van der Waals surface area (Å²) in [4.78, 5) is 4.17. The molecule has 0 bridgehead atoms. The van der Waals surface area contributed by atoms with E-state index in [0.29, 0.717) is 32.1 Å². The molecule has 1 aliphatic heterocycles. The lowest BCUT2D eigenvalue weighted by atomic mass is 10.2. The summed E-state index contributed by atoms with van der Waals surface area (Å²) >= 11 is 0. The van der Waals surface area contributed by atoms with Gasteiger partial charge in [0.15, 0.2) is 5.96 Å². The average molecular weight is 342 g/mol. The van der Waals surface area contributed by atoms with Crippen LogP contribution in [0.2, 0.25) is 0 Å². The van der Waals surface area contributed by atoms with Gasteiger partial charge in [-0.2, -0.15) is 5.10 Å². The normalized spacial score (nSPS) is 18.3. The van der Waals surface area contributed by atoms with Crippen molar-refractivity contribution >= 4 is 16.0 Å². The van der Waals surface area contributed by atoms with Gasteiger partial charge in [0, 0.05) is 51.5 Å². The third-order valence-corrected chi connectivity index (χ3v) is 6.13. The molecule has 1 fully saturated rings. The van der Waals surface area contributed by atoms with Gasteiger partial charge in [0.2, 0.25) is 10.0 Å². The van der Waals surface area contributed by atoms with Gasteiger partial charge in [-0.15, -0.1) is 0 Å². The Morgan fingerprint density at radius 1 is 1.35 bits per heavy atom. The van der Waals surface area contributed by atoms with Crippen LogP contribution in [0.25, 0.3) is 0 Å². The van der Waals surface area contributed by atoms with Crippen LogP contribution >= 0.6 is 0 Å². The largest absolute Gasteiger partial charge is 0.355 e. The van der Waals surface area contributed by atoms with Crippen LogP contribution in [0.5, 0.6) is 0 Å². The number of sulfonamides is 1. The first-order valence-electron chi connectivity index (χ1n) is 7.76. The molecule has 130 valence electrons. The number of aromatic nitrogens is 2. The second kappa shape index (κ2) is 7.31. The highest BCUT2D eigenvalue weighted by Crippen LogP contribution is 2.12. The second-order valence-electron chi connectivity index (χ2n) is 5.69. The molecule has 8 nitrogen and oxygen atoms in total. The van der Waals surface area contributed by atoms with E-state index in [1.54, 1.807) is 7.05 Å². The number of nitrogens with one attached hydrogen (secondary N) is 2. The SMILES string of the molecule is CN=C(NCCN1CCCS1(=O)=O)NCc1c(C)nn(C)c1C. The van der Waals surface area contributed by atoms with Crippen molar-refractivity contribution in [3.63, 3.8) is 0 Å². The van der Waals surface area contributed by atoms with Crippen molar-refractivity contribution < 1.29 is 8.42 Å². The molecule has 9 heteroatoms. The molecule has 0 radical (unpaired) electrons. The van der Waals surface area contributed by atoms with Gasteiger partial charge in [-0.1, -0.05) is 0 Å². The predicted octanol–water partition coefficient (Wildman–Crippen LogP) is -0.263. The van der Waals surface area contributed by atoms with Crippen molar-refractivity contribution in [1.29, 1.82) is 0 Å². The zero-order chi connectivity index (χ0) is 17.0. The van der Waals surface area contributed by atoms with Gasteiger partial charge >= 0.3 is 0 Å². The third kappa shape index (κ3) is 4.23. The summed E-state index contributed by atoms with van der Waals surface area (Å²) in [5.74, 6) is 0.920. The van der Waals surface area contributed by atoms with Crippen molar-refractivity contribution in [2.75, 3.05) is 32.4 Å². The van der Waals surface area contributed by atoms with Crippen LogP contribution in [0.4, 0.5) is 0 Å². The van der Waals surface area contributed by atoms with Crippen molar-refractivity contribution in [2.24, 2.45) is 12.0 Å². The Kier molecular flexibility index (Phi) is 5.64. The number of guanidine groups is 1. The molecule has 0 aromatic carbocycles. The van der Waals surface area contributed by atoms with E-state index in [2.05, 4.69) is 20.7 Å². The fraction of sp³-hybridized carbons (Fsp3) is 0.714. The van der Waals surface area contributed by atoms with E-state index in [1.807, 2.05) is 25.6 Å². The van der Waals surface area contributed by atoms with E-state index in [1.165, 1.54) is 4.31 Å². The minimum Gasteiger partial charge on any atom is -0.355 e. The topological polar surface area (TPSA) is 91.6 Å². The molecule has 0 unspecified atom stereocenters. The van der Waals surface area contributed by atoms with E-state index in [-0.39, 0.29) is 5.75 Å². The van der Waals surface area contributed by atoms with Gasteiger partial charge in [-0.05, 0) is 20.3 Å². The summed E-state index contributed by atoms with van der Waals surface area (Å²) < 4.78 is 26.9. The first-order valence-corrected chi connectivity index (χ1v) is 9.37. The summed E-state index contributed by atoms with van der Waals surface area (Å²) in [6, 6.07) is 0. The first-order chi connectivity index (χ1) is 10.8. The zero-order valence-corrected chi connectivity index (χ0v) is 15.1. The second-order valence-corrected chi connectivity index (χ2v) is 7.78. The van der Waals surface area contributed by atoms with Gasteiger partial charge in [0.05, 0.1) is 11.4 Å². The van der Waals surface area contributed by atoms with Crippen LogP contribution in [-0.2, 0) is 23.6 Å². The van der Waals surface area contributed by atoms with Crippen molar-refractivity contribution in [1.82, 2.24) is 24.7 Å². The van der Waals surface area contributed by atoms with Gasteiger partial charge in [-0.25, -0.2) is 12.7 Å². The van der Waals surface area contributed by atoms with E-state index >= 15 is 0 Å². The third-order valence-electron chi connectivity index (χ3n) is 4.17. The molecule has 0 atom stereocenters. The molecular weight excluding hydrogens is 316 g/mol. The number of aliphatic imine (C=N–C) groups is 1.